The molecule has 2 aliphatic rings. The summed E-state index contributed by atoms with van der Waals surface area (Å²) in [6.07, 6.45) is 0.523. The van der Waals surface area contributed by atoms with Gasteiger partial charge in [-0.2, -0.15) is 0 Å². The van der Waals surface area contributed by atoms with Crippen LogP contribution in [0.2, 0.25) is 0 Å². The van der Waals surface area contributed by atoms with E-state index < -0.39 is 36.9 Å². The maximum atomic E-state index is 13.1. The van der Waals surface area contributed by atoms with E-state index in [1.165, 1.54) is 0 Å². The first-order valence-electron chi connectivity index (χ1n) is 7.54. The third-order valence-corrected chi connectivity index (χ3v) is 4.63. The number of carbonyl (C=O) groups excluding carboxylic acids is 1. The fourth-order valence-electron chi connectivity index (χ4n) is 2.98. The second kappa shape index (κ2) is 5.59. The SMILES string of the molecule is O=C(NCC1(C(O)c2ccccc2)CC1)C1CC(F)(F)CN1. The van der Waals surface area contributed by atoms with Crippen LogP contribution >= 0.6 is 0 Å². The summed E-state index contributed by atoms with van der Waals surface area (Å²) in [4.78, 5) is 12.0. The van der Waals surface area contributed by atoms with Crippen molar-refractivity contribution in [2.75, 3.05) is 13.1 Å². The topological polar surface area (TPSA) is 61.4 Å². The molecule has 3 rings (SSSR count). The van der Waals surface area contributed by atoms with Gasteiger partial charge in [-0.15, -0.1) is 0 Å². The van der Waals surface area contributed by atoms with Crippen LogP contribution in [0.25, 0.3) is 0 Å². The molecule has 0 bridgehead atoms. The van der Waals surface area contributed by atoms with Crippen molar-refractivity contribution in [2.24, 2.45) is 5.41 Å². The van der Waals surface area contributed by atoms with Crippen LogP contribution in [0.4, 0.5) is 8.78 Å². The molecular formula is C16H20F2N2O2. The highest BCUT2D eigenvalue weighted by Crippen LogP contribution is 2.54. The van der Waals surface area contributed by atoms with E-state index in [0.717, 1.165) is 18.4 Å². The summed E-state index contributed by atoms with van der Waals surface area (Å²) in [5.41, 5.74) is 0.456. The molecule has 2 atom stereocenters. The van der Waals surface area contributed by atoms with E-state index in [0.29, 0.717) is 6.54 Å². The summed E-state index contributed by atoms with van der Waals surface area (Å²) >= 11 is 0. The first-order chi connectivity index (χ1) is 10.4. The van der Waals surface area contributed by atoms with Crippen molar-refractivity contribution in [3.8, 4) is 0 Å². The highest BCUT2D eigenvalue weighted by molar-refractivity contribution is 5.82. The molecule has 1 heterocycles. The first-order valence-corrected chi connectivity index (χ1v) is 7.54. The quantitative estimate of drug-likeness (QED) is 0.774. The number of halogens is 2. The van der Waals surface area contributed by atoms with E-state index in [4.69, 9.17) is 0 Å². The molecule has 1 saturated heterocycles. The molecule has 1 amide bonds. The first kappa shape index (κ1) is 15.4. The van der Waals surface area contributed by atoms with E-state index in [9.17, 15) is 18.7 Å². The molecule has 0 aromatic heterocycles. The Labute approximate surface area is 127 Å². The lowest BCUT2D eigenvalue weighted by Crippen LogP contribution is -2.43. The van der Waals surface area contributed by atoms with Crippen molar-refractivity contribution in [1.82, 2.24) is 10.6 Å². The average Bonchev–Trinajstić information content (AvgIpc) is 3.22. The van der Waals surface area contributed by atoms with Gasteiger partial charge in [-0.3, -0.25) is 10.1 Å². The van der Waals surface area contributed by atoms with Gasteiger partial charge in [0.1, 0.15) is 0 Å². The van der Waals surface area contributed by atoms with Crippen LogP contribution in [0, 0.1) is 5.41 Å². The molecule has 4 nitrogen and oxygen atoms in total. The Morgan fingerprint density at radius 2 is 2.05 bits per heavy atom. The monoisotopic (exact) mass is 310 g/mol. The summed E-state index contributed by atoms with van der Waals surface area (Å²) in [6.45, 7) is -0.144. The lowest BCUT2D eigenvalue weighted by atomic mass is 9.92. The predicted molar refractivity (Wildman–Crippen MR) is 77.4 cm³/mol. The highest BCUT2D eigenvalue weighted by Gasteiger charge is 2.50. The normalized spacial score (nSPS) is 26.4. The molecule has 22 heavy (non-hydrogen) atoms. The maximum Gasteiger partial charge on any atom is 0.262 e. The summed E-state index contributed by atoms with van der Waals surface area (Å²) in [5.74, 6) is -3.23. The largest absolute Gasteiger partial charge is 0.388 e. The van der Waals surface area contributed by atoms with E-state index >= 15 is 0 Å². The molecule has 2 unspecified atom stereocenters. The molecule has 120 valence electrons. The zero-order valence-electron chi connectivity index (χ0n) is 12.2. The second-order valence-corrected chi connectivity index (χ2v) is 6.39. The number of hydrogen-bond donors (Lipinski definition) is 3. The van der Waals surface area contributed by atoms with E-state index in [1.54, 1.807) is 0 Å². The number of amides is 1. The van der Waals surface area contributed by atoms with Crippen molar-refractivity contribution < 1.29 is 18.7 Å². The van der Waals surface area contributed by atoms with Crippen molar-refractivity contribution >= 4 is 5.91 Å². The number of aliphatic hydroxyl groups excluding tert-OH is 1. The Morgan fingerprint density at radius 3 is 2.59 bits per heavy atom. The van der Waals surface area contributed by atoms with Crippen molar-refractivity contribution in [1.29, 1.82) is 0 Å². The Bertz CT molecular complexity index is 546. The van der Waals surface area contributed by atoms with Gasteiger partial charge in [0.25, 0.3) is 5.92 Å². The number of hydrogen-bond acceptors (Lipinski definition) is 3. The molecule has 0 radical (unpaired) electrons. The van der Waals surface area contributed by atoms with E-state index in [1.807, 2.05) is 30.3 Å². The standard InChI is InChI=1S/C16H20F2N2O2/c17-16(18)8-12(19-10-16)14(22)20-9-15(6-7-15)13(21)11-4-2-1-3-5-11/h1-5,12-13,19,21H,6-10H2,(H,20,22). The fourth-order valence-corrected chi connectivity index (χ4v) is 2.98. The van der Waals surface area contributed by atoms with Gasteiger partial charge < -0.3 is 10.4 Å². The zero-order chi connectivity index (χ0) is 15.8. The minimum atomic E-state index is -2.82. The Morgan fingerprint density at radius 1 is 1.36 bits per heavy atom. The van der Waals surface area contributed by atoms with Crippen molar-refractivity contribution in [3.05, 3.63) is 35.9 Å². The Kier molecular flexibility index (Phi) is 3.91. The van der Waals surface area contributed by atoms with Crippen LogP contribution in [0.1, 0.15) is 30.9 Å². The van der Waals surface area contributed by atoms with Gasteiger partial charge in [-0.25, -0.2) is 8.78 Å². The number of carbonyl (C=O) groups is 1. The van der Waals surface area contributed by atoms with Crippen molar-refractivity contribution in [3.63, 3.8) is 0 Å². The lowest BCUT2D eigenvalue weighted by molar-refractivity contribution is -0.123. The van der Waals surface area contributed by atoms with Crippen LogP contribution in [0.3, 0.4) is 0 Å². The van der Waals surface area contributed by atoms with Gasteiger partial charge in [0.15, 0.2) is 0 Å². The number of benzene rings is 1. The summed E-state index contributed by atoms with van der Waals surface area (Å²) in [6, 6.07) is 8.45. The molecule has 1 aromatic carbocycles. The Hall–Kier alpha value is -1.53. The summed E-state index contributed by atoms with van der Waals surface area (Å²) < 4.78 is 26.2. The third-order valence-electron chi connectivity index (χ3n) is 4.63. The maximum absolute atomic E-state index is 13.1. The van der Waals surface area contributed by atoms with E-state index in [-0.39, 0.29) is 5.41 Å². The highest BCUT2D eigenvalue weighted by atomic mass is 19.3. The molecule has 6 heteroatoms. The second-order valence-electron chi connectivity index (χ2n) is 6.39. The molecule has 1 aliphatic heterocycles. The van der Waals surface area contributed by atoms with Gasteiger partial charge in [0.05, 0.1) is 18.7 Å². The summed E-state index contributed by atoms with van der Waals surface area (Å²) in [7, 11) is 0. The van der Waals surface area contributed by atoms with Gasteiger partial charge in [0, 0.05) is 18.4 Å². The minimum absolute atomic E-state index is 0.311. The molecule has 1 saturated carbocycles. The zero-order valence-corrected chi connectivity index (χ0v) is 12.2. The van der Waals surface area contributed by atoms with Crippen LogP contribution in [0.15, 0.2) is 30.3 Å². The number of rotatable bonds is 5. The molecule has 2 fully saturated rings. The van der Waals surface area contributed by atoms with Gasteiger partial charge in [-0.1, -0.05) is 30.3 Å². The van der Waals surface area contributed by atoms with Crippen LogP contribution in [-0.4, -0.2) is 36.1 Å². The molecule has 0 spiro atoms. The van der Waals surface area contributed by atoms with Gasteiger partial charge in [-0.05, 0) is 18.4 Å². The molecular weight excluding hydrogens is 290 g/mol. The predicted octanol–water partition coefficient (Wildman–Crippen LogP) is 1.61. The van der Waals surface area contributed by atoms with Gasteiger partial charge >= 0.3 is 0 Å². The van der Waals surface area contributed by atoms with E-state index in [2.05, 4.69) is 10.6 Å². The van der Waals surface area contributed by atoms with Crippen molar-refractivity contribution in [2.45, 2.75) is 37.3 Å². The fraction of sp³-hybridized carbons (Fsp3) is 0.562. The molecule has 1 aliphatic carbocycles. The number of alkyl halides is 2. The third kappa shape index (κ3) is 3.13. The molecule has 1 aromatic rings. The minimum Gasteiger partial charge on any atom is -0.388 e. The van der Waals surface area contributed by atoms with Crippen LogP contribution in [0.5, 0.6) is 0 Å². The van der Waals surface area contributed by atoms with Gasteiger partial charge in [0.2, 0.25) is 5.91 Å². The molecule has 3 N–H and O–H groups in total. The van der Waals surface area contributed by atoms with Crippen LogP contribution in [-0.2, 0) is 4.79 Å². The number of nitrogens with one attached hydrogen (secondary N) is 2. The number of aliphatic hydroxyl groups is 1. The summed E-state index contributed by atoms with van der Waals surface area (Å²) in [5, 5.41) is 15.7. The smallest absolute Gasteiger partial charge is 0.262 e. The van der Waals surface area contributed by atoms with Crippen LogP contribution < -0.4 is 10.6 Å². The average molecular weight is 310 g/mol. The Balaban J connectivity index is 1.56. The lowest BCUT2D eigenvalue weighted by Gasteiger charge is -2.24.